The Morgan fingerprint density at radius 2 is 1.89 bits per heavy atom. The Bertz CT molecular complexity index is 526. The van der Waals surface area contributed by atoms with E-state index in [1.165, 1.54) is 12.1 Å². The van der Waals surface area contributed by atoms with E-state index in [0.717, 1.165) is 11.3 Å². The van der Waals surface area contributed by atoms with E-state index in [0.29, 0.717) is 5.82 Å². The van der Waals surface area contributed by atoms with Gasteiger partial charge in [-0.05, 0) is 37.3 Å². The molecular formula is C14H15FN2O. The number of aliphatic hydroxyl groups excluding tert-OH is 1. The first-order chi connectivity index (χ1) is 8.59. The SMILES string of the molecule is C[C@@H](O)c1cccnc1N(C)c1ccc(F)cc1. The van der Waals surface area contributed by atoms with Crippen molar-refractivity contribution in [3.05, 3.63) is 54.0 Å². The molecule has 94 valence electrons. The van der Waals surface area contributed by atoms with Crippen molar-refractivity contribution in [2.24, 2.45) is 0 Å². The van der Waals surface area contributed by atoms with E-state index < -0.39 is 6.10 Å². The molecule has 0 aliphatic carbocycles. The van der Waals surface area contributed by atoms with Crippen molar-refractivity contribution in [3.8, 4) is 0 Å². The summed E-state index contributed by atoms with van der Waals surface area (Å²) >= 11 is 0. The van der Waals surface area contributed by atoms with Gasteiger partial charge in [-0.15, -0.1) is 0 Å². The van der Waals surface area contributed by atoms with Crippen molar-refractivity contribution in [1.29, 1.82) is 0 Å². The summed E-state index contributed by atoms with van der Waals surface area (Å²) in [5.41, 5.74) is 1.56. The highest BCUT2D eigenvalue weighted by molar-refractivity contribution is 5.62. The Morgan fingerprint density at radius 1 is 1.22 bits per heavy atom. The van der Waals surface area contributed by atoms with Crippen LogP contribution in [0.5, 0.6) is 0 Å². The standard InChI is InChI=1S/C14H15FN2O/c1-10(18)13-4-3-9-16-14(13)17(2)12-7-5-11(15)6-8-12/h3-10,18H,1-2H3/t10-/m1/s1. The highest BCUT2D eigenvalue weighted by Gasteiger charge is 2.13. The molecule has 0 unspecified atom stereocenters. The van der Waals surface area contributed by atoms with Gasteiger partial charge in [0.2, 0.25) is 0 Å². The zero-order valence-corrected chi connectivity index (χ0v) is 10.3. The molecule has 3 nitrogen and oxygen atoms in total. The van der Waals surface area contributed by atoms with E-state index in [2.05, 4.69) is 4.98 Å². The van der Waals surface area contributed by atoms with E-state index in [9.17, 15) is 9.50 Å². The van der Waals surface area contributed by atoms with Crippen LogP contribution in [0.15, 0.2) is 42.6 Å². The quantitative estimate of drug-likeness (QED) is 0.904. The molecule has 0 aliphatic heterocycles. The van der Waals surface area contributed by atoms with Gasteiger partial charge < -0.3 is 10.0 Å². The number of nitrogens with zero attached hydrogens (tertiary/aromatic N) is 2. The van der Waals surface area contributed by atoms with E-state index in [-0.39, 0.29) is 5.82 Å². The van der Waals surface area contributed by atoms with E-state index in [4.69, 9.17) is 0 Å². The average molecular weight is 246 g/mol. The topological polar surface area (TPSA) is 36.4 Å². The number of pyridine rings is 1. The highest BCUT2D eigenvalue weighted by atomic mass is 19.1. The van der Waals surface area contributed by atoms with E-state index >= 15 is 0 Å². The second-order valence-corrected chi connectivity index (χ2v) is 4.13. The number of aromatic nitrogens is 1. The van der Waals surface area contributed by atoms with Crippen LogP contribution in [0.3, 0.4) is 0 Å². The van der Waals surface area contributed by atoms with Crippen molar-refractivity contribution in [2.45, 2.75) is 13.0 Å². The number of benzene rings is 1. The highest BCUT2D eigenvalue weighted by Crippen LogP contribution is 2.28. The van der Waals surface area contributed by atoms with Gasteiger partial charge in [-0.25, -0.2) is 9.37 Å². The molecule has 0 bridgehead atoms. The van der Waals surface area contributed by atoms with Gasteiger partial charge in [0.1, 0.15) is 11.6 Å². The predicted molar refractivity (Wildman–Crippen MR) is 69.3 cm³/mol. The molecule has 1 aromatic carbocycles. The molecule has 0 saturated heterocycles. The monoisotopic (exact) mass is 246 g/mol. The lowest BCUT2D eigenvalue weighted by atomic mass is 10.1. The van der Waals surface area contributed by atoms with Crippen molar-refractivity contribution < 1.29 is 9.50 Å². The van der Waals surface area contributed by atoms with Gasteiger partial charge in [-0.2, -0.15) is 0 Å². The predicted octanol–water partition coefficient (Wildman–Crippen LogP) is 3.04. The number of aliphatic hydroxyl groups is 1. The van der Waals surface area contributed by atoms with Crippen molar-refractivity contribution in [3.63, 3.8) is 0 Å². The zero-order valence-electron chi connectivity index (χ0n) is 10.3. The van der Waals surface area contributed by atoms with Crippen LogP contribution in [0.4, 0.5) is 15.9 Å². The fourth-order valence-electron chi connectivity index (χ4n) is 1.80. The molecule has 1 N–H and O–H groups in total. The summed E-state index contributed by atoms with van der Waals surface area (Å²) in [4.78, 5) is 6.09. The summed E-state index contributed by atoms with van der Waals surface area (Å²) in [6.07, 6.45) is 1.07. The molecule has 0 amide bonds. The Kier molecular flexibility index (Phi) is 3.58. The minimum atomic E-state index is -0.600. The Morgan fingerprint density at radius 3 is 2.50 bits per heavy atom. The van der Waals surface area contributed by atoms with Gasteiger partial charge >= 0.3 is 0 Å². The van der Waals surface area contributed by atoms with Gasteiger partial charge in [0, 0.05) is 24.5 Å². The molecule has 0 saturated carbocycles. The van der Waals surface area contributed by atoms with Crippen LogP contribution in [0.25, 0.3) is 0 Å². The number of anilines is 2. The van der Waals surface area contributed by atoms with Gasteiger partial charge in [-0.1, -0.05) is 6.07 Å². The van der Waals surface area contributed by atoms with Crippen LogP contribution in [0.2, 0.25) is 0 Å². The van der Waals surface area contributed by atoms with E-state index in [1.807, 2.05) is 18.0 Å². The average Bonchev–Trinajstić information content (AvgIpc) is 2.39. The third-order valence-electron chi connectivity index (χ3n) is 2.80. The molecule has 0 spiro atoms. The minimum Gasteiger partial charge on any atom is -0.389 e. The lowest BCUT2D eigenvalue weighted by Crippen LogP contribution is -2.14. The summed E-state index contributed by atoms with van der Waals surface area (Å²) in [5, 5.41) is 9.72. The van der Waals surface area contributed by atoms with Crippen LogP contribution in [-0.4, -0.2) is 17.1 Å². The fourth-order valence-corrected chi connectivity index (χ4v) is 1.80. The van der Waals surface area contributed by atoms with Gasteiger partial charge in [0.05, 0.1) is 6.10 Å². The zero-order chi connectivity index (χ0) is 13.1. The molecule has 0 fully saturated rings. The summed E-state index contributed by atoms with van der Waals surface area (Å²) in [6, 6.07) is 9.76. The van der Waals surface area contributed by atoms with Crippen LogP contribution >= 0.6 is 0 Å². The number of halogens is 1. The molecule has 4 heteroatoms. The third kappa shape index (κ3) is 2.49. The summed E-state index contributed by atoms with van der Waals surface area (Å²) in [5.74, 6) is 0.392. The lowest BCUT2D eigenvalue weighted by molar-refractivity contribution is 0.199. The first kappa shape index (κ1) is 12.5. The van der Waals surface area contributed by atoms with Crippen LogP contribution in [-0.2, 0) is 0 Å². The fraction of sp³-hybridized carbons (Fsp3) is 0.214. The summed E-state index contributed by atoms with van der Waals surface area (Å²) in [7, 11) is 1.83. The molecule has 1 heterocycles. The van der Waals surface area contributed by atoms with Gasteiger partial charge in [0.15, 0.2) is 0 Å². The lowest BCUT2D eigenvalue weighted by Gasteiger charge is -2.22. The Labute approximate surface area is 106 Å². The Hall–Kier alpha value is -1.94. The third-order valence-corrected chi connectivity index (χ3v) is 2.80. The normalized spacial score (nSPS) is 12.2. The summed E-state index contributed by atoms with van der Waals surface area (Å²) < 4.78 is 12.9. The number of rotatable bonds is 3. The van der Waals surface area contributed by atoms with Crippen LogP contribution in [0, 0.1) is 5.82 Å². The molecule has 2 aromatic rings. The van der Waals surface area contributed by atoms with Crippen molar-refractivity contribution >= 4 is 11.5 Å². The molecule has 0 radical (unpaired) electrons. The molecule has 18 heavy (non-hydrogen) atoms. The van der Waals surface area contributed by atoms with Gasteiger partial charge in [-0.3, -0.25) is 0 Å². The maximum absolute atomic E-state index is 12.9. The molecule has 2 rings (SSSR count). The smallest absolute Gasteiger partial charge is 0.138 e. The molecule has 1 aromatic heterocycles. The second-order valence-electron chi connectivity index (χ2n) is 4.13. The maximum Gasteiger partial charge on any atom is 0.138 e. The number of hydrogen-bond donors (Lipinski definition) is 1. The first-order valence-electron chi connectivity index (χ1n) is 5.72. The van der Waals surface area contributed by atoms with Crippen LogP contribution < -0.4 is 4.90 Å². The number of hydrogen-bond acceptors (Lipinski definition) is 3. The molecule has 1 atom stereocenters. The second kappa shape index (κ2) is 5.14. The maximum atomic E-state index is 12.9. The van der Waals surface area contributed by atoms with Gasteiger partial charge in [0.25, 0.3) is 0 Å². The Balaban J connectivity index is 2.39. The van der Waals surface area contributed by atoms with Crippen molar-refractivity contribution in [2.75, 3.05) is 11.9 Å². The largest absolute Gasteiger partial charge is 0.389 e. The molecular weight excluding hydrogens is 231 g/mol. The van der Waals surface area contributed by atoms with Crippen molar-refractivity contribution in [1.82, 2.24) is 4.98 Å². The minimum absolute atomic E-state index is 0.274. The van der Waals surface area contributed by atoms with Crippen LogP contribution in [0.1, 0.15) is 18.6 Å². The molecule has 0 aliphatic rings. The first-order valence-corrected chi connectivity index (χ1v) is 5.72. The van der Waals surface area contributed by atoms with E-state index in [1.54, 1.807) is 31.3 Å². The summed E-state index contributed by atoms with van der Waals surface area (Å²) in [6.45, 7) is 1.69.